The number of nitriles is 3. The molecule has 0 fully saturated rings. The summed E-state index contributed by atoms with van der Waals surface area (Å²) in [4.78, 5) is 0. The topological polar surface area (TPSA) is 88.4 Å². The average molecular weight is 283 g/mol. The Morgan fingerprint density at radius 1 is 0.818 bits per heavy atom. The molecular weight excluding hydrogens is 283 g/mol. The van der Waals surface area contributed by atoms with Gasteiger partial charge in [0, 0.05) is 0 Å². The van der Waals surface area contributed by atoms with Crippen molar-refractivity contribution in [3.63, 3.8) is 0 Å². The van der Waals surface area contributed by atoms with E-state index >= 15 is 0 Å². The van der Waals surface area contributed by atoms with Crippen molar-refractivity contribution in [2.75, 3.05) is 0 Å². The second kappa shape index (κ2) is 102. The van der Waals surface area contributed by atoms with E-state index in [-0.39, 0.29) is 0 Å². The van der Waals surface area contributed by atoms with E-state index in [1.165, 1.54) is 16.2 Å². The second-order valence-corrected chi connectivity index (χ2v) is 0.822. The van der Waals surface area contributed by atoms with Crippen LogP contribution >= 0.6 is 0 Å². The first-order valence-corrected chi connectivity index (χ1v) is 3.59. The maximum absolute atomic E-state index is 8.30. The molecule has 0 bridgehead atoms. The first-order valence-electron chi connectivity index (χ1n) is 1.47. The van der Waals surface area contributed by atoms with Crippen molar-refractivity contribution in [2.24, 2.45) is 0 Å². The van der Waals surface area contributed by atoms with Crippen LogP contribution in [0.15, 0.2) is 0 Å². The first kappa shape index (κ1) is 22.4. The van der Waals surface area contributed by atoms with Crippen molar-refractivity contribution in [2.45, 2.75) is 0 Å². The number of nitrogens with zero attached hydrogens (tertiary/aromatic N) is 3. The summed E-state index contributed by atoms with van der Waals surface area (Å²) < 4.78 is 8.30. The van der Waals surface area contributed by atoms with Gasteiger partial charge in [0.25, 0.3) is 0 Å². The Bertz CT molecular complexity index is 128. The molecule has 0 aliphatic rings. The third-order valence-electron chi connectivity index (χ3n) is 0. The Morgan fingerprint density at radius 2 is 0.818 bits per heavy atom. The number of hydrogen-bond acceptors (Lipinski definition) is 7. The summed E-state index contributed by atoms with van der Waals surface area (Å²) in [6.07, 6.45) is 0. The molecular formula is C3N3NbOS3-3. The van der Waals surface area contributed by atoms with Gasteiger partial charge < -0.3 is 37.9 Å². The van der Waals surface area contributed by atoms with E-state index in [1.807, 2.05) is 0 Å². The van der Waals surface area contributed by atoms with Crippen LogP contribution in [0.1, 0.15) is 0 Å². The number of thiocyanates is 3. The summed E-state index contributed by atoms with van der Waals surface area (Å²) in [5, 5.41) is 25.4. The molecule has 0 spiro atoms. The molecule has 0 aromatic rings. The Morgan fingerprint density at radius 3 is 0.818 bits per heavy atom. The molecule has 11 heavy (non-hydrogen) atoms. The summed E-state index contributed by atoms with van der Waals surface area (Å²) in [5.41, 5.74) is 0. The Kier molecular flexibility index (Phi) is 208. The quantitative estimate of drug-likeness (QED) is 0.349. The molecule has 0 saturated carbocycles. The fraction of sp³-hybridized carbons (Fsp3) is 0. The first-order chi connectivity index (χ1) is 5.24. The summed E-state index contributed by atoms with van der Waals surface area (Å²) in [6.45, 7) is 0. The summed E-state index contributed by atoms with van der Waals surface area (Å²) in [5.74, 6) is 0. The molecule has 0 aromatic carbocycles. The summed E-state index contributed by atoms with van der Waals surface area (Å²) >= 11 is 11.6. The van der Waals surface area contributed by atoms with Crippen molar-refractivity contribution >= 4 is 37.9 Å². The monoisotopic (exact) mass is 283 g/mol. The zero-order valence-corrected chi connectivity index (χ0v) is 9.57. The summed E-state index contributed by atoms with van der Waals surface area (Å²) in [7, 11) is 0. The molecule has 0 heterocycles. The molecule has 59 valence electrons. The van der Waals surface area contributed by atoms with Crippen molar-refractivity contribution in [3.8, 4) is 16.2 Å². The van der Waals surface area contributed by atoms with Gasteiger partial charge in [0.1, 0.15) is 0 Å². The number of hydrogen-bond donors (Lipinski definition) is 0. The molecule has 8 heteroatoms. The summed E-state index contributed by atoms with van der Waals surface area (Å²) in [6, 6.07) is 0. The van der Waals surface area contributed by atoms with Gasteiger partial charge in [-0.1, -0.05) is 16.2 Å². The minimum absolute atomic E-state index is 0.500. The Hall–Kier alpha value is -0.330. The Labute approximate surface area is 93.7 Å². The number of rotatable bonds is 0. The van der Waals surface area contributed by atoms with Gasteiger partial charge in [-0.2, -0.15) is 0 Å². The SMILES string of the molecule is N#C[S-].N#C[S-].N#C[S-].[O]=[Nb]. The van der Waals surface area contributed by atoms with Crippen LogP contribution in [0.2, 0.25) is 0 Å². The standard InChI is InChI=1S/3CHNS.Nb.O/c3*2-1-3;;/h3*3H;;/p-3. The predicted molar refractivity (Wildman–Crippen MR) is 39.6 cm³/mol. The van der Waals surface area contributed by atoms with Gasteiger partial charge in [-0.05, 0) is 0 Å². The van der Waals surface area contributed by atoms with Gasteiger partial charge in [0.05, 0.1) is 0 Å². The van der Waals surface area contributed by atoms with Crippen LogP contribution < -0.4 is 0 Å². The van der Waals surface area contributed by atoms with Crippen LogP contribution in [0, 0.1) is 32.0 Å². The molecule has 0 aliphatic carbocycles. The van der Waals surface area contributed by atoms with Crippen molar-refractivity contribution in [1.82, 2.24) is 0 Å². The van der Waals surface area contributed by atoms with Gasteiger partial charge in [-0.15, -0.1) is 0 Å². The van der Waals surface area contributed by atoms with E-state index in [9.17, 15) is 0 Å². The second-order valence-electron chi connectivity index (χ2n) is 0.274. The van der Waals surface area contributed by atoms with Crippen LogP contribution in [-0.2, 0) is 62.2 Å². The molecule has 4 nitrogen and oxygen atoms in total. The van der Waals surface area contributed by atoms with E-state index in [4.69, 9.17) is 19.0 Å². The van der Waals surface area contributed by atoms with Gasteiger partial charge in [0.2, 0.25) is 0 Å². The minimum atomic E-state index is 0.500. The Balaban J connectivity index is -0.0000000301. The van der Waals surface area contributed by atoms with Gasteiger partial charge >= 0.3 is 24.3 Å². The van der Waals surface area contributed by atoms with Crippen LogP contribution in [0.5, 0.6) is 0 Å². The normalized spacial score (nSPS) is 2.18. The molecule has 0 saturated heterocycles. The van der Waals surface area contributed by atoms with Crippen molar-refractivity contribution in [1.29, 1.82) is 15.8 Å². The fourth-order valence-corrected chi connectivity index (χ4v) is 0. The van der Waals surface area contributed by atoms with Crippen molar-refractivity contribution < 1.29 is 24.3 Å². The molecule has 0 rings (SSSR count). The molecule has 0 aliphatic heterocycles. The van der Waals surface area contributed by atoms with Crippen LogP contribution in [0.3, 0.4) is 0 Å². The van der Waals surface area contributed by atoms with Gasteiger partial charge in [-0.3, -0.25) is 0 Å². The molecule has 0 atom stereocenters. The van der Waals surface area contributed by atoms with Gasteiger partial charge in [0.15, 0.2) is 0 Å². The van der Waals surface area contributed by atoms with E-state index in [1.54, 1.807) is 0 Å². The maximum atomic E-state index is 8.30. The third kappa shape index (κ3) is 5230. The fourth-order valence-electron chi connectivity index (χ4n) is 0. The molecule has 0 unspecified atom stereocenters. The molecule has 0 aromatic heterocycles. The zero-order chi connectivity index (χ0) is 10.1. The zero-order valence-electron chi connectivity index (χ0n) is 4.92. The van der Waals surface area contributed by atoms with E-state index in [0.717, 1.165) is 0 Å². The van der Waals surface area contributed by atoms with Crippen molar-refractivity contribution in [3.05, 3.63) is 0 Å². The van der Waals surface area contributed by atoms with Crippen LogP contribution in [0.4, 0.5) is 0 Å². The molecule has 0 N–H and O–H groups in total. The van der Waals surface area contributed by atoms with Gasteiger partial charge in [-0.25, -0.2) is 15.8 Å². The van der Waals surface area contributed by atoms with E-state index in [0.29, 0.717) is 21.0 Å². The molecule has 0 radical (unpaired) electrons. The third-order valence-corrected chi connectivity index (χ3v) is 0. The van der Waals surface area contributed by atoms with E-state index < -0.39 is 0 Å². The van der Waals surface area contributed by atoms with Crippen LogP contribution in [0.25, 0.3) is 0 Å². The van der Waals surface area contributed by atoms with Crippen LogP contribution in [-0.4, -0.2) is 0 Å². The van der Waals surface area contributed by atoms with E-state index in [2.05, 4.69) is 37.9 Å². The average Bonchev–Trinajstić information content (AvgIpc) is 1.96. The predicted octanol–water partition coefficient (Wildman–Crippen LogP) is -0.0782. The molecule has 0 amide bonds.